The summed E-state index contributed by atoms with van der Waals surface area (Å²) >= 11 is 1.73. The molecule has 25 heavy (non-hydrogen) atoms. The molecule has 3 aromatic rings. The third-order valence-corrected chi connectivity index (χ3v) is 5.72. The van der Waals surface area contributed by atoms with E-state index >= 15 is 0 Å². The van der Waals surface area contributed by atoms with Crippen LogP contribution in [0.4, 0.5) is 4.39 Å². The summed E-state index contributed by atoms with van der Waals surface area (Å²) < 4.78 is 14.2. The minimum absolute atomic E-state index is 0.137. The van der Waals surface area contributed by atoms with E-state index in [1.54, 1.807) is 34.4 Å². The molecular weight excluding hydrogens is 333 g/mol. The highest BCUT2D eigenvalue weighted by molar-refractivity contribution is 7.10. The van der Waals surface area contributed by atoms with Crippen molar-refractivity contribution >= 4 is 17.2 Å². The van der Waals surface area contributed by atoms with Crippen LogP contribution in [-0.2, 0) is 6.42 Å². The van der Waals surface area contributed by atoms with Crippen LogP contribution in [0.1, 0.15) is 38.0 Å². The summed E-state index contributed by atoms with van der Waals surface area (Å²) in [4.78, 5) is 16.2. The van der Waals surface area contributed by atoms with Gasteiger partial charge >= 0.3 is 0 Å². The summed E-state index contributed by atoms with van der Waals surface area (Å²) in [5.41, 5.74) is 3.54. The molecule has 0 saturated heterocycles. The van der Waals surface area contributed by atoms with Gasteiger partial charge in [-0.15, -0.1) is 11.3 Å². The lowest BCUT2D eigenvalue weighted by molar-refractivity contribution is 0.0691. The summed E-state index contributed by atoms with van der Waals surface area (Å²) in [6.45, 7) is 2.64. The summed E-state index contributed by atoms with van der Waals surface area (Å²) in [7, 11) is 0. The SMILES string of the molecule is Cc1ccc(C2c3ccsc3CCN2C(=O)c2ccccc2F)cc1. The molecule has 2 heterocycles. The molecular formula is C21H18FNOS. The number of hydrogen-bond donors (Lipinski definition) is 0. The van der Waals surface area contributed by atoms with Crippen LogP contribution in [0.2, 0.25) is 0 Å². The molecule has 0 saturated carbocycles. The summed E-state index contributed by atoms with van der Waals surface area (Å²) in [5.74, 6) is -0.716. The number of benzene rings is 2. The average Bonchev–Trinajstić information content (AvgIpc) is 3.10. The van der Waals surface area contributed by atoms with Gasteiger partial charge in [0, 0.05) is 11.4 Å². The molecule has 1 aliphatic heterocycles. The van der Waals surface area contributed by atoms with Gasteiger partial charge in [-0.05, 0) is 48.1 Å². The first kappa shape index (κ1) is 16.0. The van der Waals surface area contributed by atoms with Crippen molar-refractivity contribution in [2.24, 2.45) is 0 Å². The number of rotatable bonds is 2. The molecule has 2 nitrogen and oxygen atoms in total. The number of carbonyl (C=O) groups is 1. The maximum Gasteiger partial charge on any atom is 0.257 e. The van der Waals surface area contributed by atoms with Gasteiger partial charge in [0.05, 0.1) is 11.6 Å². The molecule has 126 valence electrons. The monoisotopic (exact) mass is 351 g/mol. The Labute approximate surface area is 150 Å². The van der Waals surface area contributed by atoms with E-state index in [0.29, 0.717) is 6.54 Å². The van der Waals surface area contributed by atoms with Crippen molar-refractivity contribution in [1.82, 2.24) is 4.90 Å². The molecule has 0 N–H and O–H groups in total. The van der Waals surface area contributed by atoms with Crippen LogP contribution in [0.25, 0.3) is 0 Å². The molecule has 0 aliphatic carbocycles. The molecule has 4 rings (SSSR count). The van der Waals surface area contributed by atoms with Gasteiger partial charge in [0.15, 0.2) is 0 Å². The highest BCUT2D eigenvalue weighted by Crippen LogP contribution is 2.38. The Hall–Kier alpha value is -2.46. The van der Waals surface area contributed by atoms with E-state index < -0.39 is 5.82 Å². The van der Waals surface area contributed by atoms with Crippen LogP contribution in [0.3, 0.4) is 0 Å². The molecule has 4 heteroatoms. The smallest absolute Gasteiger partial charge is 0.257 e. The molecule has 1 aliphatic rings. The van der Waals surface area contributed by atoms with Gasteiger partial charge in [-0.25, -0.2) is 4.39 Å². The maximum atomic E-state index is 14.2. The Morgan fingerprint density at radius 2 is 1.88 bits per heavy atom. The van der Waals surface area contributed by atoms with E-state index in [0.717, 1.165) is 17.5 Å². The quantitative estimate of drug-likeness (QED) is 0.637. The number of amides is 1. The van der Waals surface area contributed by atoms with Crippen molar-refractivity contribution in [2.45, 2.75) is 19.4 Å². The number of thiophene rings is 1. The summed E-state index contributed by atoms with van der Waals surface area (Å²) in [5, 5.41) is 2.07. The second-order valence-electron chi connectivity index (χ2n) is 6.34. The molecule has 0 bridgehead atoms. The highest BCUT2D eigenvalue weighted by atomic mass is 32.1. The van der Waals surface area contributed by atoms with E-state index in [1.165, 1.54) is 16.5 Å². The van der Waals surface area contributed by atoms with Crippen molar-refractivity contribution in [3.05, 3.63) is 92.9 Å². The van der Waals surface area contributed by atoms with Crippen LogP contribution in [0.5, 0.6) is 0 Å². The largest absolute Gasteiger partial charge is 0.327 e. The van der Waals surface area contributed by atoms with Gasteiger partial charge in [-0.1, -0.05) is 42.0 Å². The van der Waals surface area contributed by atoms with Crippen molar-refractivity contribution in [1.29, 1.82) is 0 Å². The maximum absolute atomic E-state index is 14.2. The molecule has 0 radical (unpaired) electrons. The number of nitrogens with zero attached hydrogens (tertiary/aromatic N) is 1. The fourth-order valence-corrected chi connectivity index (χ4v) is 4.34. The Kier molecular flexibility index (Phi) is 4.14. The lowest BCUT2D eigenvalue weighted by Crippen LogP contribution is -2.40. The first-order chi connectivity index (χ1) is 12.1. The lowest BCUT2D eigenvalue weighted by Gasteiger charge is -2.36. The molecule has 2 aromatic carbocycles. The Balaban J connectivity index is 1.79. The van der Waals surface area contributed by atoms with Gasteiger partial charge in [-0.2, -0.15) is 0 Å². The third-order valence-electron chi connectivity index (χ3n) is 4.72. The first-order valence-electron chi connectivity index (χ1n) is 8.33. The second-order valence-corrected chi connectivity index (χ2v) is 7.34. The van der Waals surface area contributed by atoms with E-state index in [4.69, 9.17) is 0 Å². The Morgan fingerprint density at radius 1 is 1.12 bits per heavy atom. The number of aryl methyl sites for hydroxylation is 1. The zero-order valence-corrected chi connectivity index (χ0v) is 14.7. The van der Waals surface area contributed by atoms with Crippen molar-refractivity contribution < 1.29 is 9.18 Å². The minimum atomic E-state index is -0.466. The second kappa shape index (κ2) is 6.45. The predicted molar refractivity (Wildman–Crippen MR) is 98.5 cm³/mol. The number of halogens is 1. The van der Waals surface area contributed by atoms with Gasteiger partial charge in [-0.3, -0.25) is 4.79 Å². The standard InChI is InChI=1S/C21H18FNOS/c1-14-6-8-15(9-7-14)20-17-11-13-25-19(17)10-12-23(20)21(24)16-4-2-3-5-18(16)22/h2-9,11,13,20H,10,12H2,1H3. The Morgan fingerprint density at radius 3 is 2.64 bits per heavy atom. The van der Waals surface area contributed by atoms with E-state index in [-0.39, 0.29) is 17.5 Å². The number of fused-ring (bicyclic) bond motifs is 1. The molecule has 1 amide bonds. The van der Waals surface area contributed by atoms with Crippen molar-refractivity contribution in [2.75, 3.05) is 6.54 Å². The molecule has 0 fully saturated rings. The van der Waals surface area contributed by atoms with E-state index in [2.05, 4.69) is 35.7 Å². The van der Waals surface area contributed by atoms with E-state index in [1.807, 2.05) is 6.92 Å². The van der Waals surface area contributed by atoms with Gasteiger partial charge in [0.1, 0.15) is 5.82 Å². The van der Waals surface area contributed by atoms with Crippen LogP contribution >= 0.6 is 11.3 Å². The van der Waals surface area contributed by atoms with E-state index in [9.17, 15) is 9.18 Å². The summed E-state index contributed by atoms with van der Waals surface area (Å²) in [6, 6.07) is 16.4. The predicted octanol–water partition coefficient (Wildman–Crippen LogP) is 4.98. The van der Waals surface area contributed by atoms with Gasteiger partial charge in [0.25, 0.3) is 5.91 Å². The van der Waals surface area contributed by atoms with Crippen molar-refractivity contribution in [3.63, 3.8) is 0 Å². The zero-order valence-electron chi connectivity index (χ0n) is 13.9. The topological polar surface area (TPSA) is 20.3 Å². The summed E-state index contributed by atoms with van der Waals surface area (Å²) in [6.07, 6.45) is 0.815. The normalized spacial score (nSPS) is 16.6. The zero-order chi connectivity index (χ0) is 17.4. The fourth-order valence-electron chi connectivity index (χ4n) is 3.43. The molecule has 1 aromatic heterocycles. The van der Waals surface area contributed by atoms with Crippen LogP contribution in [-0.4, -0.2) is 17.4 Å². The molecule has 1 unspecified atom stereocenters. The fraction of sp³-hybridized carbons (Fsp3) is 0.190. The van der Waals surface area contributed by atoms with Crippen molar-refractivity contribution in [3.8, 4) is 0 Å². The van der Waals surface area contributed by atoms with Gasteiger partial charge in [0.2, 0.25) is 0 Å². The minimum Gasteiger partial charge on any atom is -0.327 e. The molecule has 0 spiro atoms. The molecule has 1 atom stereocenters. The Bertz CT molecular complexity index is 916. The van der Waals surface area contributed by atoms with Crippen LogP contribution < -0.4 is 0 Å². The number of hydrogen-bond acceptors (Lipinski definition) is 2. The number of carbonyl (C=O) groups excluding carboxylic acids is 1. The van der Waals surface area contributed by atoms with Gasteiger partial charge < -0.3 is 4.90 Å². The first-order valence-corrected chi connectivity index (χ1v) is 9.21. The average molecular weight is 351 g/mol. The van der Waals surface area contributed by atoms with Crippen LogP contribution in [0, 0.1) is 12.7 Å². The lowest BCUT2D eigenvalue weighted by atomic mass is 9.92. The van der Waals surface area contributed by atoms with Crippen LogP contribution in [0.15, 0.2) is 60.0 Å². The highest BCUT2D eigenvalue weighted by Gasteiger charge is 2.34. The third kappa shape index (κ3) is 2.87.